The molecule has 2 rings (SSSR count). The van der Waals surface area contributed by atoms with E-state index in [0.717, 1.165) is 19.3 Å². The van der Waals surface area contributed by atoms with Crippen molar-refractivity contribution in [1.29, 1.82) is 5.26 Å². The molecular weight excluding hydrogens is 228 g/mol. The standard InChI is InChI=1S/C14H20N2O2/c1-13(2)8-11(17)16(12(18)9-13)14(10-15)6-4-3-5-7-14/h3-9H2,1-2H3. The predicted molar refractivity (Wildman–Crippen MR) is 66.3 cm³/mol. The normalized spacial score (nSPS) is 26.8. The number of nitriles is 1. The highest BCUT2D eigenvalue weighted by atomic mass is 16.2. The molecular formula is C14H20N2O2. The summed E-state index contributed by atoms with van der Waals surface area (Å²) in [4.78, 5) is 25.8. The van der Waals surface area contributed by atoms with E-state index in [4.69, 9.17) is 0 Å². The number of carbonyl (C=O) groups is 2. The number of carbonyl (C=O) groups excluding carboxylic acids is 2. The molecule has 1 saturated carbocycles. The van der Waals surface area contributed by atoms with Crippen molar-refractivity contribution in [2.45, 2.75) is 64.3 Å². The van der Waals surface area contributed by atoms with Crippen LogP contribution in [0, 0.1) is 16.7 Å². The molecule has 1 aliphatic heterocycles. The summed E-state index contributed by atoms with van der Waals surface area (Å²) in [6.45, 7) is 3.86. The summed E-state index contributed by atoms with van der Waals surface area (Å²) in [5, 5.41) is 9.46. The molecule has 0 aromatic heterocycles. The zero-order chi connectivity index (χ0) is 13.4. The van der Waals surface area contributed by atoms with Crippen LogP contribution in [0.5, 0.6) is 0 Å². The molecule has 0 radical (unpaired) electrons. The first kappa shape index (κ1) is 13.1. The van der Waals surface area contributed by atoms with Crippen molar-refractivity contribution in [2.75, 3.05) is 0 Å². The Bertz CT molecular complexity index is 394. The molecule has 0 unspecified atom stereocenters. The minimum atomic E-state index is -0.858. The van der Waals surface area contributed by atoms with Crippen LogP contribution in [0.1, 0.15) is 58.8 Å². The molecule has 0 aromatic carbocycles. The number of rotatable bonds is 1. The second-order valence-corrected chi connectivity index (χ2v) is 6.34. The van der Waals surface area contributed by atoms with E-state index in [-0.39, 0.29) is 17.2 Å². The van der Waals surface area contributed by atoms with Gasteiger partial charge in [0.2, 0.25) is 11.8 Å². The first-order valence-electron chi connectivity index (χ1n) is 6.67. The smallest absolute Gasteiger partial charge is 0.231 e. The minimum absolute atomic E-state index is 0.167. The molecule has 2 amide bonds. The van der Waals surface area contributed by atoms with Gasteiger partial charge in [0.25, 0.3) is 0 Å². The van der Waals surface area contributed by atoms with Crippen molar-refractivity contribution in [3.8, 4) is 6.07 Å². The SMILES string of the molecule is CC1(C)CC(=O)N(C2(C#N)CCCCC2)C(=O)C1. The lowest BCUT2D eigenvalue weighted by Gasteiger charge is -2.44. The summed E-state index contributed by atoms with van der Waals surface area (Å²) >= 11 is 0. The highest BCUT2D eigenvalue weighted by Gasteiger charge is 2.49. The molecule has 2 fully saturated rings. The Morgan fingerprint density at radius 3 is 2.00 bits per heavy atom. The van der Waals surface area contributed by atoms with Crippen LogP contribution >= 0.6 is 0 Å². The van der Waals surface area contributed by atoms with Gasteiger partial charge in [-0.2, -0.15) is 5.26 Å². The van der Waals surface area contributed by atoms with Crippen LogP contribution < -0.4 is 0 Å². The fraction of sp³-hybridized carbons (Fsp3) is 0.786. The van der Waals surface area contributed by atoms with Gasteiger partial charge in [-0.1, -0.05) is 33.1 Å². The molecule has 0 atom stereocenters. The molecule has 4 heteroatoms. The van der Waals surface area contributed by atoms with E-state index in [0.29, 0.717) is 25.7 Å². The molecule has 1 aliphatic carbocycles. The molecule has 0 aromatic rings. The van der Waals surface area contributed by atoms with E-state index in [1.54, 1.807) is 0 Å². The molecule has 1 saturated heterocycles. The Morgan fingerprint density at radius 2 is 1.56 bits per heavy atom. The first-order valence-corrected chi connectivity index (χ1v) is 6.67. The molecule has 1 heterocycles. The largest absolute Gasteiger partial charge is 0.274 e. The van der Waals surface area contributed by atoms with E-state index in [1.165, 1.54) is 4.90 Å². The zero-order valence-corrected chi connectivity index (χ0v) is 11.2. The number of hydrogen-bond donors (Lipinski definition) is 0. The third kappa shape index (κ3) is 2.14. The van der Waals surface area contributed by atoms with E-state index < -0.39 is 5.54 Å². The van der Waals surface area contributed by atoms with Crippen LogP contribution in [0.4, 0.5) is 0 Å². The molecule has 0 N–H and O–H groups in total. The molecule has 4 nitrogen and oxygen atoms in total. The van der Waals surface area contributed by atoms with Gasteiger partial charge in [-0.05, 0) is 18.3 Å². The summed E-state index contributed by atoms with van der Waals surface area (Å²) in [6, 6.07) is 2.26. The average molecular weight is 248 g/mol. The Kier molecular flexibility index (Phi) is 3.18. The van der Waals surface area contributed by atoms with Crippen molar-refractivity contribution in [2.24, 2.45) is 5.41 Å². The lowest BCUT2D eigenvalue weighted by Crippen LogP contribution is -2.58. The Morgan fingerprint density at radius 1 is 1.06 bits per heavy atom. The lowest BCUT2D eigenvalue weighted by atomic mass is 9.76. The zero-order valence-electron chi connectivity index (χ0n) is 11.2. The molecule has 98 valence electrons. The van der Waals surface area contributed by atoms with Crippen molar-refractivity contribution in [3.63, 3.8) is 0 Å². The van der Waals surface area contributed by atoms with Crippen molar-refractivity contribution >= 4 is 11.8 Å². The summed E-state index contributed by atoms with van der Waals surface area (Å²) < 4.78 is 0. The maximum absolute atomic E-state index is 12.2. The number of piperidine rings is 1. The van der Waals surface area contributed by atoms with Gasteiger partial charge in [-0.3, -0.25) is 14.5 Å². The van der Waals surface area contributed by atoms with Crippen molar-refractivity contribution in [3.05, 3.63) is 0 Å². The van der Waals surface area contributed by atoms with E-state index in [2.05, 4.69) is 6.07 Å². The number of likely N-dealkylation sites (tertiary alicyclic amines) is 1. The highest BCUT2D eigenvalue weighted by molar-refractivity contribution is 5.99. The third-order valence-electron chi connectivity index (χ3n) is 4.08. The molecule has 0 spiro atoms. The summed E-state index contributed by atoms with van der Waals surface area (Å²) in [5.41, 5.74) is -1.13. The quantitative estimate of drug-likeness (QED) is 0.669. The lowest BCUT2D eigenvalue weighted by molar-refractivity contribution is -0.159. The topological polar surface area (TPSA) is 61.2 Å². The summed E-state index contributed by atoms with van der Waals surface area (Å²) in [7, 11) is 0. The fourth-order valence-corrected chi connectivity index (χ4v) is 3.18. The van der Waals surface area contributed by atoms with E-state index >= 15 is 0 Å². The molecule has 18 heavy (non-hydrogen) atoms. The van der Waals surface area contributed by atoms with Gasteiger partial charge >= 0.3 is 0 Å². The molecule has 0 bridgehead atoms. The second-order valence-electron chi connectivity index (χ2n) is 6.34. The van der Waals surface area contributed by atoms with Crippen LogP contribution in [-0.4, -0.2) is 22.3 Å². The minimum Gasteiger partial charge on any atom is -0.274 e. The van der Waals surface area contributed by atoms with Crippen LogP contribution in [0.15, 0.2) is 0 Å². The van der Waals surface area contributed by atoms with Crippen LogP contribution in [-0.2, 0) is 9.59 Å². The Balaban J connectivity index is 2.29. The predicted octanol–water partition coefficient (Wildman–Crippen LogP) is 2.39. The van der Waals surface area contributed by atoms with Gasteiger partial charge in [-0.25, -0.2) is 0 Å². The monoisotopic (exact) mass is 248 g/mol. The van der Waals surface area contributed by atoms with E-state index in [9.17, 15) is 14.9 Å². The van der Waals surface area contributed by atoms with Gasteiger partial charge in [0.15, 0.2) is 0 Å². The summed E-state index contributed by atoms with van der Waals surface area (Å²) in [5.74, 6) is -0.334. The molecule has 2 aliphatic rings. The van der Waals surface area contributed by atoms with Gasteiger partial charge in [0.05, 0.1) is 6.07 Å². The second kappa shape index (κ2) is 4.38. The number of nitrogens with zero attached hydrogens (tertiary/aromatic N) is 2. The van der Waals surface area contributed by atoms with Gasteiger partial charge in [0.1, 0.15) is 5.54 Å². The van der Waals surface area contributed by atoms with Gasteiger partial charge in [0, 0.05) is 12.8 Å². The van der Waals surface area contributed by atoms with Crippen LogP contribution in [0.3, 0.4) is 0 Å². The number of amides is 2. The van der Waals surface area contributed by atoms with Crippen LogP contribution in [0.25, 0.3) is 0 Å². The summed E-state index contributed by atoms with van der Waals surface area (Å²) in [6.07, 6.45) is 4.94. The fourth-order valence-electron chi connectivity index (χ4n) is 3.18. The Labute approximate surface area is 108 Å². The maximum Gasteiger partial charge on any atom is 0.231 e. The van der Waals surface area contributed by atoms with Gasteiger partial charge in [-0.15, -0.1) is 0 Å². The average Bonchev–Trinajstić information content (AvgIpc) is 2.27. The number of hydrogen-bond acceptors (Lipinski definition) is 3. The van der Waals surface area contributed by atoms with Crippen molar-refractivity contribution in [1.82, 2.24) is 4.90 Å². The third-order valence-corrected chi connectivity index (χ3v) is 4.08. The van der Waals surface area contributed by atoms with E-state index in [1.807, 2.05) is 13.8 Å². The number of imide groups is 1. The highest BCUT2D eigenvalue weighted by Crippen LogP contribution is 2.40. The maximum atomic E-state index is 12.2. The van der Waals surface area contributed by atoms with Crippen LogP contribution in [0.2, 0.25) is 0 Å². The van der Waals surface area contributed by atoms with Gasteiger partial charge < -0.3 is 0 Å². The first-order chi connectivity index (χ1) is 8.40. The van der Waals surface area contributed by atoms with Crippen molar-refractivity contribution < 1.29 is 9.59 Å². The Hall–Kier alpha value is -1.37.